The molecule has 2 N–H and O–H groups in total. The molecule has 1 fully saturated rings. The highest BCUT2D eigenvalue weighted by atomic mass is 32.2. The quantitative estimate of drug-likeness (QED) is 0.412. The minimum Gasteiger partial charge on any atom is -0.490 e. The maximum absolute atomic E-state index is 11.7. The van der Waals surface area contributed by atoms with Crippen molar-refractivity contribution in [2.45, 2.75) is 6.42 Å². The van der Waals surface area contributed by atoms with Crippen LogP contribution in [0.1, 0.15) is 11.1 Å². The lowest BCUT2D eigenvalue weighted by molar-refractivity contribution is -0.115. The van der Waals surface area contributed by atoms with Gasteiger partial charge in [-0.3, -0.25) is 10.2 Å². The van der Waals surface area contributed by atoms with Gasteiger partial charge in [0.15, 0.2) is 5.17 Å². The van der Waals surface area contributed by atoms with E-state index in [0.29, 0.717) is 23.9 Å². The largest absolute Gasteiger partial charge is 0.490 e. The Bertz CT molecular complexity index is 893. The van der Waals surface area contributed by atoms with E-state index in [0.717, 1.165) is 35.1 Å². The number of thioether (sulfide) groups is 1. The Kier molecular flexibility index (Phi) is 6.33. The number of para-hydroxylation sites is 1. The molecule has 0 aliphatic carbocycles. The van der Waals surface area contributed by atoms with Gasteiger partial charge in [-0.2, -0.15) is 0 Å². The molecule has 6 heteroatoms. The molecule has 2 aromatic carbocycles. The summed E-state index contributed by atoms with van der Waals surface area (Å²) in [5.74, 6) is 1.29. The van der Waals surface area contributed by atoms with Crippen molar-refractivity contribution in [3.8, 4) is 11.5 Å². The number of amidine groups is 1. The topological polar surface area (TPSA) is 71.4 Å². The molecule has 2 aromatic rings. The first kappa shape index (κ1) is 18.8. The van der Waals surface area contributed by atoms with Crippen LogP contribution in [0.5, 0.6) is 11.5 Å². The fourth-order valence-corrected chi connectivity index (χ4v) is 3.27. The van der Waals surface area contributed by atoms with Crippen LogP contribution in [0, 0.1) is 5.41 Å². The summed E-state index contributed by atoms with van der Waals surface area (Å²) in [4.78, 5) is 12.2. The summed E-state index contributed by atoms with van der Waals surface area (Å²) in [6.45, 7) is 4.59. The van der Waals surface area contributed by atoms with Crippen molar-refractivity contribution < 1.29 is 14.3 Å². The zero-order chi connectivity index (χ0) is 19.1. The van der Waals surface area contributed by atoms with Crippen LogP contribution in [0.3, 0.4) is 0 Å². The van der Waals surface area contributed by atoms with Gasteiger partial charge in [0, 0.05) is 0 Å². The molecule has 1 aliphatic rings. The molecule has 0 unspecified atom stereocenters. The summed E-state index contributed by atoms with van der Waals surface area (Å²) in [7, 11) is 0. The molecular formula is C21H20N2O3S. The maximum Gasteiger partial charge on any atom is 0.264 e. The van der Waals surface area contributed by atoms with Crippen LogP contribution < -0.4 is 14.8 Å². The SMILES string of the molecule is C=CCc1ccccc1OCCOc1cccc(C=C2SC(=N)NC2=O)c1. The van der Waals surface area contributed by atoms with Crippen molar-refractivity contribution in [1.29, 1.82) is 5.41 Å². The summed E-state index contributed by atoms with van der Waals surface area (Å²) < 4.78 is 11.6. The maximum atomic E-state index is 11.7. The zero-order valence-electron chi connectivity index (χ0n) is 14.7. The molecule has 0 spiro atoms. The monoisotopic (exact) mass is 380 g/mol. The van der Waals surface area contributed by atoms with E-state index in [9.17, 15) is 4.79 Å². The van der Waals surface area contributed by atoms with Gasteiger partial charge in [-0.1, -0.05) is 36.4 Å². The predicted octanol–water partition coefficient (Wildman–Crippen LogP) is 4.01. The number of rotatable bonds is 8. The number of allylic oxidation sites excluding steroid dienone is 1. The molecule has 1 heterocycles. The molecule has 1 aliphatic heterocycles. The number of benzene rings is 2. The molecule has 0 atom stereocenters. The van der Waals surface area contributed by atoms with Gasteiger partial charge in [-0.05, 0) is 53.6 Å². The molecule has 0 radical (unpaired) electrons. The average Bonchev–Trinajstić information content (AvgIpc) is 2.97. The minimum atomic E-state index is -0.247. The molecular weight excluding hydrogens is 360 g/mol. The van der Waals surface area contributed by atoms with Gasteiger partial charge < -0.3 is 14.8 Å². The fraction of sp³-hybridized carbons (Fsp3) is 0.143. The van der Waals surface area contributed by atoms with Gasteiger partial charge >= 0.3 is 0 Å². The first-order chi connectivity index (χ1) is 13.2. The fourth-order valence-electron chi connectivity index (χ4n) is 2.57. The Hall–Kier alpha value is -2.99. The van der Waals surface area contributed by atoms with E-state index >= 15 is 0 Å². The number of nitrogens with one attached hydrogen (secondary N) is 2. The number of ether oxygens (including phenoxy) is 2. The van der Waals surface area contributed by atoms with E-state index in [2.05, 4.69) is 11.9 Å². The molecule has 138 valence electrons. The van der Waals surface area contributed by atoms with Crippen LogP contribution >= 0.6 is 11.8 Å². The van der Waals surface area contributed by atoms with Crippen LogP contribution in [0.2, 0.25) is 0 Å². The van der Waals surface area contributed by atoms with E-state index in [4.69, 9.17) is 14.9 Å². The molecule has 0 aromatic heterocycles. The van der Waals surface area contributed by atoms with Gasteiger partial charge in [0.25, 0.3) is 5.91 Å². The van der Waals surface area contributed by atoms with Crippen LogP contribution in [-0.2, 0) is 11.2 Å². The molecule has 3 rings (SSSR count). The minimum absolute atomic E-state index is 0.146. The third-order valence-electron chi connectivity index (χ3n) is 3.77. The Morgan fingerprint density at radius 3 is 2.70 bits per heavy atom. The molecule has 0 bridgehead atoms. The summed E-state index contributed by atoms with van der Waals surface area (Å²) in [5.41, 5.74) is 1.94. The van der Waals surface area contributed by atoms with Crippen molar-refractivity contribution in [2.75, 3.05) is 13.2 Å². The molecule has 1 amide bonds. The van der Waals surface area contributed by atoms with Gasteiger partial charge in [0.1, 0.15) is 24.7 Å². The third-order valence-corrected chi connectivity index (χ3v) is 4.59. The van der Waals surface area contributed by atoms with Crippen LogP contribution in [0.4, 0.5) is 0 Å². The van der Waals surface area contributed by atoms with Crippen LogP contribution in [0.15, 0.2) is 66.1 Å². The normalized spacial score (nSPS) is 14.9. The standard InChI is InChI=1S/C21H20N2O3S/c1-2-6-16-8-3-4-10-18(16)26-12-11-25-17-9-5-7-15(13-17)14-19-20(24)23-21(22)27-19/h2-5,7-10,13-14H,1,6,11-12H2,(H2,22,23,24). The lowest BCUT2D eigenvalue weighted by Crippen LogP contribution is -2.18. The van der Waals surface area contributed by atoms with Gasteiger partial charge in [0.05, 0.1) is 4.91 Å². The zero-order valence-corrected chi connectivity index (χ0v) is 15.6. The summed E-state index contributed by atoms with van der Waals surface area (Å²) in [6.07, 6.45) is 4.36. The van der Waals surface area contributed by atoms with Crippen LogP contribution in [-0.4, -0.2) is 24.3 Å². The van der Waals surface area contributed by atoms with E-state index in [1.54, 1.807) is 6.08 Å². The van der Waals surface area contributed by atoms with Crippen molar-refractivity contribution in [3.63, 3.8) is 0 Å². The first-order valence-electron chi connectivity index (χ1n) is 8.49. The number of hydrogen-bond acceptors (Lipinski definition) is 5. The highest BCUT2D eigenvalue weighted by Gasteiger charge is 2.22. The molecule has 1 saturated heterocycles. The van der Waals surface area contributed by atoms with Crippen molar-refractivity contribution in [3.05, 3.63) is 77.2 Å². The second kappa shape index (κ2) is 9.09. The van der Waals surface area contributed by atoms with E-state index < -0.39 is 0 Å². The number of carbonyl (C=O) groups is 1. The van der Waals surface area contributed by atoms with Crippen molar-refractivity contribution in [2.24, 2.45) is 0 Å². The Morgan fingerprint density at radius 1 is 1.11 bits per heavy atom. The lowest BCUT2D eigenvalue weighted by Gasteiger charge is -2.11. The number of carbonyl (C=O) groups excluding carboxylic acids is 1. The van der Waals surface area contributed by atoms with E-state index in [1.165, 1.54) is 0 Å². The lowest BCUT2D eigenvalue weighted by atomic mass is 10.1. The second-order valence-corrected chi connectivity index (χ2v) is 6.82. The molecule has 0 saturated carbocycles. The average molecular weight is 380 g/mol. The van der Waals surface area contributed by atoms with Crippen molar-refractivity contribution in [1.82, 2.24) is 5.32 Å². The Labute approximate surface area is 162 Å². The Morgan fingerprint density at radius 2 is 1.93 bits per heavy atom. The number of hydrogen-bond donors (Lipinski definition) is 2. The van der Waals surface area contributed by atoms with Crippen molar-refractivity contribution >= 4 is 28.9 Å². The molecule has 5 nitrogen and oxygen atoms in total. The summed E-state index contributed by atoms with van der Waals surface area (Å²) in [5, 5.41) is 10.1. The highest BCUT2D eigenvalue weighted by molar-refractivity contribution is 8.18. The molecule has 27 heavy (non-hydrogen) atoms. The summed E-state index contributed by atoms with van der Waals surface area (Å²) in [6, 6.07) is 15.3. The number of amides is 1. The predicted molar refractivity (Wildman–Crippen MR) is 109 cm³/mol. The second-order valence-electron chi connectivity index (χ2n) is 5.76. The van der Waals surface area contributed by atoms with E-state index in [-0.39, 0.29) is 11.1 Å². The first-order valence-corrected chi connectivity index (χ1v) is 9.31. The van der Waals surface area contributed by atoms with Gasteiger partial charge in [0.2, 0.25) is 0 Å². The smallest absolute Gasteiger partial charge is 0.264 e. The Balaban J connectivity index is 1.55. The van der Waals surface area contributed by atoms with Crippen LogP contribution in [0.25, 0.3) is 6.08 Å². The third kappa shape index (κ3) is 5.24. The summed E-state index contributed by atoms with van der Waals surface area (Å²) >= 11 is 1.11. The highest BCUT2D eigenvalue weighted by Crippen LogP contribution is 2.26. The van der Waals surface area contributed by atoms with Gasteiger partial charge in [-0.15, -0.1) is 6.58 Å². The van der Waals surface area contributed by atoms with E-state index in [1.807, 2.05) is 54.6 Å². The van der Waals surface area contributed by atoms with Gasteiger partial charge in [-0.25, -0.2) is 0 Å².